The molecule has 2 nitrogen and oxygen atoms in total. The lowest BCUT2D eigenvalue weighted by atomic mass is 9.78. The summed E-state index contributed by atoms with van der Waals surface area (Å²) in [4.78, 5) is 0. The van der Waals surface area contributed by atoms with Gasteiger partial charge in [0.25, 0.3) is 0 Å². The first-order valence-corrected chi connectivity index (χ1v) is 10.3. The molecular formula is C15H12I4O2. The van der Waals surface area contributed by atoms with E-state index < -0.39 is 0 Å². The van der Waals surface area contributed by atoms with Crippen molar-refractivity contribution in [3.63, 3.8) is 0 Å². The molecule has 0 unspecified atom stereocenters. The van der Waals surface area contributed by atoms with E-state index in [0.717, 1.165) is 25.4 Å². The second kappa shape index (κ2) is 6.83. The summed E-state index contributed by atoms with van der Waals surface area (Å²) < 4.78 is 3.41. The average molecular weight is 732 g/mol. The van der Waals surface area contributed by atoms with Gasteiger partial charge in [0.05, 0.1) is 14.3 Å². The van der Waals surface area contributed by atoms with Gasteiger partial charge in [0, 0.05) is 5.41 Å². The largest absolute Gasteiger partial charge is 0.506 e. The predicted molar refractivity (Wildman–Crippen MR) is 119 cm³/mol. The number of benzene rings is 2. The quantitative estimate of drug-likeness (QED) is 0.382. The Balaban J connectivity index is 2.61. The van der Waals surface area contributed by atoms with Crippen molar-refractivity contribution in [2.24, 2.45) is 0 Å². The topological polar surface area (TPSA) is 40.5 Å². The van der Waals surface area contributed by atoms with Crippen molar-refractivity contribution in [1.82, 2.24) is 0 Å². The number of phenolic OH excluding ortho intramolecular Hbond substituents is 2. The summed E-state index contributed by atoms with van der Waals surface area (Å²) in [5.41, 5.74) is 2.08. The van der Waals surface area contributed by atoms with Crippen LogP contribution in [0.2, 0.25) is 0 Å². The van der Waals surface area contributed by atoms with Gasteiger partial charge in [-0.1, -0.05) is 13.8 Å². The number of hydrogen-bond acceptors (Lipinski definition) is 2. The number of rotatable bonds is 2. The summed E-state index contributed by atoms with van der Waals surface area (Å²) in [7, 11) is 0. The van der Waals surface area contributed by atoms with Gasteiger partial charge in [-0.3, -0.25) is 0 Å². The zero-order valence-corrected chi connectivity index (χ0v) is 19.8. The molecule has 6 heteroatoms. The van der Waals surface area contributed by atoms with Crippen LogP contribution in [0.15, 0.2) is 24.3 Å². The minimum Gasteiger partial charge on any atom is -0.506 e. The van der Waals surface area contributed by atoms with E-state index in [4.69, 9.17) is 0 Å². The molecule has 0 aliphatic rings. The maximum atomic E-state index is 9.94. The number of phenols is 2. The number of hydrogen-bond donors (Lipinski definition) is 2. The highest BCUT2D eigenvalue weighted by molar-refractivity contribution is 14.1. The number of aromatic hydroxyl groups is 2. The Morgan fingerprint density at radius 1 is 0.667 bits per heavy atom. The smallest absolute Gasteiger partial charge is 0.142 e. The minimum absolute atomic E-state index is 0.207. The van der Waals surface area contributed by atoms with E-state index in [1.807, 2.05) is 24.3 Å². The summed E-state index contributed by atoms with van der Waals surface area (Å²) >= 11 is 8.62. The van der Waals surface area contributed by atoms with Crippen LogP contribution in [0.25, 0.3) is 0 Å². The molecule has 0 aliphatic carbocycles. The van der Waals surface area contributed by atoms with Crippen LogP contribution in [0, 0.1) is 14.3 Å². The van der Waals surface area contributed by atoms with Gasteiger partial charge in [-0.25, -0.2) is 0 Å². The summed E-state index contributed by atoms with van der Waals surface area (Å²) in [5.74, 6) is 0.677. The highest BCUT2D eigenvalue weighted by atomic mass is 127. The molecule has 0 heterocycles. The molecule has 112 valence electrons. The van der Waals surface area contributed by atoms with E-state index in [0.29, 0.717) is 11.5 Å². The molecule has 2 aromatic rings. The first-order valence-electron chi connectivity index (χ1n) is 6.01. The Hall–Kier alpha value is 0.960. The third kappa shape index (κ3) is 3.73. The molecule has 2 N–H and O–H groups in total. The lowest BCUT2D eigenvalue weighted by Crippen LogP contribution is -2.20. The lowest BCUT2D eigenvalue weighted by molar-refractivity contribution is 0.466. The van der Waals surface area contributed by atoms with Crippen LogP contribution in [-0.4, -0.2) is 10.2 Å². The van der Waals surface area contributed by atoms with Gasteiger partial charge in [-0.2, -0.15) is 0 Å². The molecule has 0 bridgehead atoms. The third-order valence-electron chi connectivity index (χ3n) is 3.48. The summed E-state index contributed by atoms with van der Waals surface area (Å²) in [6.45, 7) is 4.31. The summed E-state index contributed by atoms with van der Waals surface area (Å²) in [5, 5.41) is 19.9. The maximum absolute atomic E-state index is 9.94. The van der Waals surface area contributed by atoms with Gasteiger partial charge in [0.1, 0.15) is 11.5 Å². The van der Waals surface area contributed by atoms with Gasteiger partial charge < -0.3 is 10.2 Å². The normalized spacial score (nSPS) is 11.7. The van der Waals surface area contributed by atoms with E-state index >= 15 is 0 Å². The molecule has 0 atom stereocenters. The van der Waals surface area contributed by atoms with E-state index in [9.17, 15) is 10.2 Å². The highest BCUT2D eigenvalue weighted by Crippen LogP contribution is 2.39. The fourth-order valence-electron chi connectivity index (χ4n) is 2.02. The van der Waals surface area contributed by atoms with Crippen LogP contribution < -0.4 is 0 Å². The molecule has 21 heavy (non-hydrogen) atoms. The van der Waals surface area contributed by atoms with Crippen LogP contribution >= 0.6 is 90.4 Å². The van der Waals surface area contributed by atoms with Crippen molar-refractivity contribution in [1.29, 1.82) is 0 Å². The Morgan fingerprint density at radius 2 is 0.905 bits per heavy atom. The Labute approximate surface area is 178 Å². The van der Waals surface area contributed by atoms with E-state index in [-0.39, 0.29) is 5.41 Å². The predicted octanol–water partition coefficient (Wildman–Crippen LogP) is 5.84. The number of halogens is 4. The second-order valence-electron chi connectivity index (χ2n) is 5.20. The molecule has 2 aromatic carbocycles. The summed E-state index contributed by atoms with van der Waals surface area (Å²) in [6, 6.07) is 8.07. The zero-order chi connectivity index (χ0) is 15.9. The van der Waals surface area contributed by atoms with E-state index in [2.05, 4.69) is 104 Å². The second-order valence-corrected chi connectivity index (χ2v) is 9.85. The van der Waals surface area contributed by atoms with Crippen LogP contribution in [0.3, 0.4) is 0 Å². The van der Waals surface area contributed by atoms with Gasteiger partial charge >= 0.3 is 0 Å². The molecule has 0 aliphatic heterocycles. The molecule has 0 saturated carbocycles. The Morgan fingerprint density at radius 3 is 1.14 bits per heavy atom. The summed E-state index contributed by atoms with van der Waals surface area (Å²) in [6.07, 6.45) is 0. The first kappa shape index (κ1) is 18.3. The Kier molecular flexibility index (Phi) is 5.95. The SMILES string of the molecule is CC(C)(c1cc(I)c(O)c(I)c1)c1cc(I)c(O)c(I)c1. The molecule has 0 spiro atoms. The zero-order valence-electron chi connectivity index (χ0n) is 11.2. The van der Waals surface area contributed by atoms with Crippen molar-refractivity contribution >= 4 is 90.4 Å². The van der Waals surface area contributed by atoms with E-state index in [1.165, 1.54) is 0 Å². The minimum atomic E-state index is -0.207. The van der Waals surface area contributed by atoms with Crippen molar-refractivity contribution in [3.8, 4) is 11.5 Å². The van der Waals surface area contributed by atoms with Crippen molar-refractivity contribution in [2.45, 2.75) is 19.3 Å². The molecule has 0 amide bonds. The molecule has 0 aromatic heterocycles. The third-order valence-corrected chi connectivity index (χ3v) is 6.77. The van der Waals surface area contributed by atoms with Crippen molar-refractivity contribution in [3.05, 3.63) is 49.7 Å². The molecule has 2 rings (SSSR count). The van der Waals surface area contributed by atoms with Crippen molar-refractivity contribution in [2.75, 3.05) is 0 Å². The van der Waals surface area contributed by atoms with Gasteiger partial charge in [0.2, 0.25) is 0 Å². The van der Waals surface area contributed by atoms with Crippen LogP contribution in [0.5, 0.6) is 11.5 Å². The monoisotopic (exact) mass is 732 g/mol. The molecule has 0 radical (unpaired) electrons. The van der Waals surface area contributed by atoms with Crippen LogP contribution in [0.4, 0.5) is 0 Å². The maximum Gasteiger partial charge on any atom is 0.142 e. The van der Waals surface area contributed by atoms with Gasteiger partial charge in [-0.15, -0.1) is 0 Å². The van der Waals surface area contributed by atoms with E-state index in [1.54, 1.807) is 0 Å². The van der Waals surface area contributed by atoms with Crippen molar-refractivity contribution < 1.29 is 10.2 Å². The fraction of sp³-hybridized carbons (Fsp3) is 0.200. The Bertz CT molecular complexity index is 605. The van der Waals surface area contributed by atoms with Gasteiger partial charge in [0.15, 0.2) is 0 Å². The lowest BCUT2D eigenvalue weighted by Gasteiger charge is -2.27. The standard InChI is InChI=1S/C15H12I4O2/c1-15(2,7-3-9(16)13(20)10(17)4-7)8-5-11(18)14(21)12(19)6-8/h3-6,20-21H,1-2H3. The molecular weight excluding hydrogens is 720 g/mol. The highest BCUT2D eigenvalue weighted by Gasteiger charge is 2.26. The first-order chi connectivity index (χ1) is 9.64. The van der Waals surface area contributed by atoms with Crippen LogP contribution in [0.1, 0.15) is 25.0 Å². The molecule has 0 fully saturated rings. The van der Waals surface area contributed by atoms with Crippen LogP contribution in [-0.2, 0) is 5.41 Å². The molecule has 0 saturated heterocycles. The average Bonchev–Trinajstić information content (AvgIpc) is 2.40. The fourth-order valence-corrected chi connectivity index (χ4v) is 5.56. The van der Waals surface area contributed by atoms with Gasteiger partial charge in [-0.05, 0) is 126 Å².